The van der Waals surface area contributed by atoms with Gasteiger partial charge in [0.1, 0.15) is 0 Å². The molecule has 0 aliphatic heterocycles. The lowest BCUT2D eigenvalue weighted by atomic mass is 9.70. The third kappa shape index (κ3) is 3.02. The number of aryl methyl sites for hydroxylation is 2. The predicted molar refractivity (Wildman–Crippen MR) is 87.3 cm³/mol. The molecule has 21 heavy (non-hydrogen) atoms. The largest absolute Gasteiger partial charge is 0.351 e. The number of thiophene rings is 1. The van der Waals surface area contributed by atoms with Gasteiger partial charge in [0.2, 0.25) is 5.91 Å². The lowest BCUT2D eigenvalue weighted by Crippen LogP contribution is -2.47. The normalized spacial score (nSPS) is 28.4. The lowest BCUT2D eigenvalue weighted by Gasteiger charge is -2.37. The van der Waals surface area contributed by atoms with E-state index in [1.54, 1.807) is 0 Å². The molecule has 0 atom stereocenters. The van der Waals surface area contributed by atoms with Gasteiger partial charge in [-0.3, -0.25) is 4.79 Å². The van der Waals surface area contributed by atoms with Crippen molar-refractivity contribution in [3.05, 3.63) is 21.4 Å². The number of rotatable bonds is 4. The summed E-state index contributed by atoms with van der Waals surface area (Å²) in [5.41, 5.74) is 7.15. The molecule has 1 aromatic heterocycles. The molecule has 0 aromatic carbocycles. The van der Waals surface area contributed by atoms with Gasteiger partial charge in [-0.25, -0.2) is 0 Å². The molecule has 0 unspecified atom stereocenters. The second kappa shape index (κ2) is 6.09. The summed E-state index contributed by atoms with van der Waals surface area (Å²) >= 11 is 1.87. The SMILES string of the molecule is CC1CCC(CN)(C(=O)NCc2cc3c(s2)CCC3)CC1. The average Bonchev–Trinajstić information content (AvgIpc) is 3.07. The van der Waals surface area contributed by atoms with Crippen molar-refractivity contribution < 1.29 is 4.79 Å². The number of nitrogens with two attached hydrogens (primary N) is 1. The molecular formula is C17H26N2OS. The first-order valence-corrected chi connectivity index (χ1v) is 9.03. The van der Waals surface area contributed by atoms with Crippen LogP contribution in [0.1, 0.15) is 54.3 Å². The summed E-state index contributed by atoms with van der Waals surface area (Å²) in [4.78, 5) is 15.4. The van der Waals surface area contributed by atoms with Crippen LogP contribution < -0.4 is 11.1 Å². The Morgan fingerprint density at radius 2 is 2.19 bits per heavy atom. The number of carbonyl (C=O) groups is 1. The first kappa shape index (κ1) is 15.0. The van der Waals surface area contributed by atoms with E-state index in [9.17, 15) is 4.79 Å². The van der Waals surface area contributed by atoms with Gasteiger partial charge in [0.15, 0.2) is 0 Å². The van der Waals surface area contributed by atoms with E-state index in [1.807, 2.05) is 11.3 Å². The van der Waals surface area contributed by atoms with Gasteiger partial charge in [0.25, 0.3) is 0 Å². The molecule has 3 N–H and O–H groups in total. The predicted octanol–water partition coefficient (Wildman–Crippen LogP) is 3.01. The highest BCUT2D eigenvalue weighted by Crippen LogP contribution is 2.38. The van der Waals surface area contributed by atoms with Crippen molar-refractivity contribution in [1.82, 2.24) is 5.32 Å². The molecule has 1 saturated carbocycles. The Balaban J connectivity index is 1.59. The maximum atomic E-state index is 12.6. The molecule has 1 aromatic rings. The van der Waals surface area contributed by atoms with Gasteiger partial charge in [-0.2, -0.15) is 0 Å². The first-order chi connectivity index (χ1) is 10.1. The highest BCUT2D eigenvalue weighted by atomic mass is 32.1. The topological polar surface area (TPSA) is 55.1 Å². The fourth-order valence-electron chi connectivity index (χ4n) is 3.67. The summed E-state index contributed by atoms with van der Waals surface area (Å²) < 4.78 is 0. The molecule has 116 valence electrons. The van der Waals surface area contributed by atoms with Gasteiger partial charge in [-0.1, -0.05) is 6.92 Å². The third-order valence-corrected chi connectivity index (χ3v) is 6.56. The highest BCUT2D eigenvalue weighted by molar-refractivity contribution is 7.12. The molecule has 3 rings (SSSR count). The zero-order chi connectivity index (χ0) is 14.9. The van der Waals surface area contributed by atoms with Crippen molar-refractivity contribution in [2.75, 3.05) is 6.54 Å². The number of fused-ring (bicyclic) bond motifs is 1. The fourth-order valence-corrected chi connectivity index (χ4v) is 4.87. The van der Waals surface area contributed by atoms with E-state index in [0.29, 0.717) is 13.1 Å². The Labute approximate surface area is 131 Å². The summed E-state index contributed by atoms with van der Waals surface area (Å²) in [5, 5.41) is 3.16. The molecule has 2 aliphatic rings. The summed E-state index contributed by atoms with van der Waals surface area (Å²) in [6.45, 7) is 3.42. The fraction of sp³-hybridized carbons (Fsp3) is 0.706. The molecule has 1 amide bonds. The highest BCUT2D eigenvalue weighted by Gasteiger charge is 2.39. The van der Waals surface area contributed by atoms with Crippen LogP contribution in [-0.4, -0.2) is 12.5 Å². The van der Waals surface area contributed by atoms with Crippen LogP contribution in [0, 0.1) is 11.3 Å². The van der Waals surface area contributed by atoms with Crippen molar-refractivity contribution >= 4 is 17.2 Å². The third-order valence-electron chi connectivity index (χ3n) is 5.32. The molecule has 4 heteroatoms. The maximum Gasteiger partial charge on any atom is 0.227 e. The van der Waals surface area contributed by atoms with Crippen LogP contribution >= 0.6 is 11.3 Å². The average molecular weight is 306 g/mol. The van der Waals surface area contributed by atoms with Crippen LogP contribution in [0.4, 0.5) is 0 Å². The van der Waals surface area contributed by atoms with E-state index < -0.39 is 0 Å². The van der Waals surface area contributed by atoms with Gasteiger partial charge in [-0.05, 0) is 62.5 Å². The van der Waals surface area contributed by atoms with Gasteiger partial charge in [-0.15, -0.1) is 11.3 Å². The molecular weight excluding hydrogens is 280 g/mol. The molecule has 3 nitrogen and oxygen atoms in total. The molecule has 2 aliphatic carbocycles. The van der Waals surface area contributed by atoms with Crippen LogP contribution in [0.25, 0.3) is 0 Å². The van der Waals surface area contributed by atoms with E-state index in [-0.39, 0.29) is 11.3 Å². The maximum absolute atomic E-state index is 12.6. The summed E-state index contributed by atoms with van der Waals surface area (Å²) in [6, 6.07) is 2.28. The number of hydrogen-bond acceptors (Lipinski definition) is 3. The Morgan fingerprint density at radius 1 is 1.43 bits per heavy atom. The van der Waals surface area contributed by atoms with E-state index in [4.69, 9.17) is 5.73 Å². The van der Waals surface area contributed by atoms with Gasteiger partial charge >= 0.3 is 0 Å². The summed E-state index contributed by atoms with van der Waals surface area (Å²) in [5.74, 6) is 0.906. The number of amides is 1. The van der Waals surface area contributed by atoms with Crippen molar-refractivity contribution in [1.29, 1.82) is 0 Å². The lowest BCUT2D eigenvalue weighted by molar-refractivity contribution is -0.133. The Morgan fingerprint density at radius 3 is 2.86 bits per heavy atom. The van der Waals surface area contributed by atoms with E-state index in [2.05, 4.69) is 18.3 Å². The number of nitrogens with one attached hydrogen (secondary N) is 1. The number of hydrogen-bond donors (Lipinski definition) is 2. The van der Waals surface area contributed by atoms with Crippen molar-refractivity contribution in [3.63, 3.8) is 0 Å². The van der Waals surface area contributed by atoms with Crippen LogP contribution in [0.2, 0.25) is 0 Å². The quantitative estimate of drug-likeness (QED) is 0.898. The minimum absolute atomic E-state index is 0.172. The molecule has 1 fully saturated rings. The second-order valence-corrected chi connectivity index (χ2v) is 8.09. The van der Waals surface area contributed by atoms with Crippen molar-refractivity contribution in [2.45, 2.75) is 58.4 Å². The monoisotopic (exact) mass is 306 g/mol. The van der Waals surface area contributed by atoms with Crippen LogP contribution in [-0.2, 0) is 24.2 Å². The summed E-state index contributed by atoms with van der Waals surface area (Å²) in [7, 11) is 0. The second-order valence-electron chi connectivity index (χ2n) is 6.86. The first-order valence-electron chi connectivity index (χ1n) is 8.22. The van der Waals surface area contributed by atoms with E-state index in [0.717, 1.165) is 31.6 Å². The Bertz CT molecular complexity index is 493. The van der Waals surface area contributed by atoms with Crippen molar-refractivity contribution in [3.8, 4) is 0 Å². The summed E-state index contributed by atoms with van der Waals surface area (Å²) in [6.07, 6.45) is 7.86. The standard InChI is InChI=1S/C17H26N2OS/c1-12-5-7-17(11-18,8-6-12)16(20)19-10-14-9-13-3-2-4-15(13)21-14/h9,12H,2-8,10-11,18H2,1H3,(H,19,20). The van der Waals surface area contributed by atoms with Crippen molar-refractivity contribution in [2.24, 2.45) is 17.1 Å². The van der Waals surface area contributed by atoms with Gasteiger partial charge < -0.3 is 11.1 Å². The molecule has 0 spiro atoms. The van der Waals surface area contributed by atoms with Crippen LogP contribution in [0.3, 0.4) is 0 Å². The Kier molecular flexibility index (Phi) is 4.36. The van der Waals surface area contributed by atoms with E-state index >= 15 is 0 Å². The Hall–Kier alpha value is -0.870. The molecule has 0 radical (unpaired) electrons. The molecule has 1 heterocycles. The minimum atomic E-state index is -0.313. The van der Waals surface area contributed by atoms with Gasteiger partial charge in [0, 0.05) is 16.3 Å². The van der Waals surface area contributed by atoms with Crippen LogP contribution in [0.5, 0.6) is 0 Å². The zero-order valence-corrected chi connectivity index (χ0v) is 13.7. The van der Waals surface area contributed by atoms with Gasteiger partial charge in [0.05, 0.1) is 12.0 Å². The minimum Gasteiger partial charge on any atom is -0.351 e. The number of carbonyl (C=O) groups excluding carboxylic acids is 1. The zero-order valence-electron chi connectivity index (χ0n) is 12.9. The van der Waals surface area contributed by atoms with Crippen LogP contribution in [0.15, 0.2) is 6.07 Å². The smallest absolute Gasteiger partial charge is 0.227 e. The van der Waals surface area contributed by atoms with E-state index in [1.165, 1.54) is 34.6 Å². The molecule has 0 saturated heterocycles. The molecule has 0 bridgehead atoms.